The number of ether oxygens (including phenoxy) is 1. The van der Waals surface area contributed by atoms with Crippen molar-refractivity contribution in [2.45, 2.75) is 32.3 Å². The molecule has 0 aliphatic rings. The van der Waals surface area contributed by atoms with Gasteiger partial charge in [-0.25, -0.2) is 9.78 Å². The molecule has 140 valence electrons. The number of amides is 1. The molecule has 1 N–H and O–H groups in total. The van der Waals surface area contributed by atoms with Gasteiger partial charge in [-0.3, -0.25) is 4.79 Å². The third-order valence-electron chi connectivity index (χ3n) is 4.51. The molecule has 3 rings (SSSR count). The van der Waals surface area contributed by atoms with Crippen LogP contribution in [0.1, 0.15) is 42.1 Å². The van der Waals surface area contributed by atoms with Gasteiger partial charge < -0.3 is 10.1 Å². The summed E-state index contributed by atoms with van der Waals surface area (Å²) in [6, 6.07) is 15.2. The molecule has 0 spiro atoms. The first-order valence-electron chi connectivity index (χ1n) is 8.95. The van der Waals surface area contributed by atoms with Gasteiger partial charge in [-0.05, 0) is 37.1 Å². The first-order valence-corrected chi connectivity index (χ1v) is 9.83. The van der Waals surface area contributed by atoms with Crippen molar-refractivity contribution in [2.75, 3.05) is 6.54 Å². The van der Waals surface area contributed by atoms with E-state index in [1.165, 1.54) is 16.9 Å². The highest BCUT2D eigenvalue weighted by molar-refractivity contribution is 7.16. The first-order chi connectivity index (χ1) is 13.1. The lowest BCUT2D eigenvalue weighted by atomic mass is 9.96. The fraction of sp³-hybridized carbons (Fsp3) is 0.286. The highest BCUT2D eigenvalue weighted by Crippen LogP contribution is 2.20. The second-order valence-corrected chi connectivity index (χ2v) is 7.23. The van der Waals surface area contributed by atoms with Crippen molar-refractivity contribution in [3.63, 3.8) is 0 Å². The van der Waals surface area contributed by atoms with Gasteiger partial charge in [0.15, 0.2) is 6.10 Å². The fourth-order valence-electron chi connectivity index (χ4n) is 2.85. The van der Waals surface area contributed by atoms with Gasteiger partial charge in [0, 0.05) is 12.5 Å². The summed E-state index contributed by atoms with van der Waals surface area (Å²) in [7, 11) is 0. The maximum Gasteiger partial charge on any atom is 0.338 e. The van der Waals surface area contributed by atoms with Crippen molar-refractivity contribution in [3.8, 4) is 0 Å². The van der Waals surface area contributed by atoms with Gasteiger partial charge in [0.2, 0.25) is 0 Å². The maximum atomic E-state index is 12.3. The molecule has 0 aliphatic carbocycles. The lowest BCUT2D eigenvalue weighted by molar-refractivity contribution is -0.129. The Morgan fingerprint density at radius 1 is 1.19 bits per heavy atom. The van der Waals surface area contributed by atoms with E-state index in [-0.39, 0.29) is 11.8 Å². The van der Waals surface area contributed by atoms with Gasteiger partial charge in [-0.1, -0.05) is 37.3 Å². The average Bonchev–Trinajstić information content (AvgIpc) is 3.16. The number of carbonyl (C=O) groups is 2. The molecule has 1 amide bonds. The molecular weight excluding hydrogens is 360 g/mol. The van der Waals surface area contributed by atoms with Crippen LogP contribution in [-0.2, 0) is 9.53 Å². The smallest absolute Gasteiger partial charge is 0.338 e. The molecule has 1 aromatic heterocycles. The molecule has 5 nitrogen and oxygen atoms in total. The third-order valence-corrected chi connectivity index (χ3v) is 5.30. The number of esters is 1. The summed E-state index contributed by atoms with van der Waals surface area (Å²) in [6.07, 6.45) is 0.0517. The van der Waals surface area contributed by atoms with Crippen molar-refractivity contribution in [1.29, 1.82) is 0 Å². The van der Waals surface area contributed by atoms with Gasteiger partial charge in [0.05, 0.1) is 21.3 Å². The van der Waals surface area contributed by atoms with Crippen LogP contribution in [0.2, 0.25) is 0 Å². The number of carbonyl (C=O) groups excluding carboxylic acids is 2. The van der Waals surface area contributed by atoms with E-state index in [9.17, 15) is 9.59 Å². The van der Waals surface area contributed by atoms with Gasteiger partial charge in [-0.2, -0.15) is 0 Å². The molecule has 3 aromatic rings. The summed E-state index contributed by atoms with van der Waals surface area (Å²) in [5.41, 5.74) is 4.17. The van der Waals surface area contributed by atoms with Crippen LogP contribution in [0.5, 0.6) is 0 Å². The van der Waals surface area contributed by atoms with E-state index < -0.39 is 12.1 Å². The highest BCUT2D eigenvalue weighted by Gasteiger charge is 2.20. The minimum atomic E-state index is -0.858. The summed E-state index contributed by atoms with van der Waals surface area (Å²) < 4.78 is 6.24. The zero-order chi connectivity index (χ0) is 19.2. The number of hydrogen-bond acceptors (Lipinski definition) is 5. The van der Waals surface area contributed by atoms with Crippen LogP contribution in [0.15, 0.2) is 54.0 Å². The van der Waals surface area contributed by atoms with Crippen LogP contribution in [0.4, 0.5) is 0 Å². The van der Waals surface area contributed by atoms with E-state index in [2.05, 4.69) is 29.4 Å². The van der Waals surface area contributed by atoms with E-state index >= 15 is 0 Å². The zero-order valence-corrected chi connectivity index (χ0v) is 16.2. The molecule has 0 bridgehead atoms. The molecule has 27 heavy (non-hydrogen) atoms. The van der Waals surface area contributed by atoms with Gasteiger partial charge in [-0.15, -0.1) is 11.3 Å². The monoisotopic (exact) mass is 382 g/mol. The largest absolute Gasteiger partial charge is 0.449 e. The second-order valence-electron chi connectivity index (χ2n) is 6.34. The number of rotatable bonds is 7. The van der Waals surface area contributed by atoms with Crippen LogP contribution in [0.25, 0.3) is 10.2 Å². The van der Waals surface area contributed by atoms with E-state index in [0.29, 0.717) is 12.1 Å². The van der Waals surface area contributed by atoms with E-state index in [1.54, 1.807) is 30.6 Å². The second kappa shape index (κ2) is 8.77. The van der Waals surface area contributed by atoms with Crippen molar-refractivity contribution in [2.24, 2.45) is 0 Å². The molecule has 0 aliphatic heterocycles. The minimum Gasteiger partial charge on any atom is -0.449 e. The SMILES string of the molecule is CC[C@@H](CNC(=O)[C@H](C)OC(=O)c1ccc2ncsc2c1)c1ccccc1. The summed E-state index contributed by atoms with van der Waals surface area (Å²) in [4.78, 5) is 28.8. The predicted molar refractivity (Wildman–Crippen MR) is 107 cm³/mol. The molecule has 0 radical (unpaired) electrons. The average molecular weight is 382 g/mol. The molecule has 6 heteroatoms. The summed E-state index contributed by atoms with van der Waals surface area (Å²) in [5.74, 6) is -0.577. The van der Waals surface area contributed by atoms with Crippen molar-refractivity contribution in [1.82, 2.24) is 10.3 Å². The maximum absolute atomic E-state index is 12.3. The molecule has 2 atom stereocenters. The normalized spacial score (nSPS) is 13.1. The number of thiazole rings is 1. The lowest BCUT2D eigenvalue weighted by Gasteiger charge is -2.18. The number of fused-ring (bicyclic) bond motifs is 1. The van der Waals surface area contributed by atoms with Crippen LogP contribution in [0.3, 0.4) is 0 Å². The minimum absolute atomic E-state index is 0.229. The van der Waals surface area contributed by atoms with Crippen LogP contribution < -0.4 is 5.32 Å². The van der Waals surface area contributed by atoms with Crippen molar-refractivity contribution < 1.29 is 14.3 Å². The van der Waals surface area contributed by atoms with Gasteiger partial charge in [0.25, 0.3) is 5.91 Å². The molecular formula is C21H22N2O3S. The number of aromatic nitrogens is 1. The van der Waals surface area contributed by atoms with Crippen molar-refractivity contribution in [3.05, 3.63) is 65.2 Å². The Kier molecular flexibility index (Phi) is 6.19. The highest BCUT2D eigenvalue weighted by atomic mass is 32.1. The Balaban J connectivity index is 1.55. The van der Waals surface area contributed by atoms with Crippen molar-refractivity contribution >= 4 is 33.4 Å². The number of benzene rings is 2. The Labute approximate surface area is 162 Å². The third kappa shape index (κ3) is 4.71. The molecule has 0 saturated carbocycles. The standard InChI is InChI=1S/C21H22N2O3S/c1-3-15(16-7-5-4-6-8-16)12-22-20(24)14(2)26-21(25)17-9-10-18-19(11-17)27-13-23-18/h4-11,13-15H,3,12H2,1-2H3,(H,22,24)/t14-,15-/m0/s1. The number of hydrogen-bond donors (Lipinski definition) is 1. The van der Waals surface area contributed by atoms with Crippen LogP contribution in [-0.4, -0.2) is 29.5 Å². The Hall–Kier alpha value is -2.73. The Morgan fingerprint density at radius 2 is 1.96 bits per heavy atom. The zero-order valence-electron chi connectivity index (χ0n) is 15.3. The predicted octanol–water partition coefficient (Wildman–Crippen LogP) is 4.15. The number of nitrogens with zero attached hydrogens (tertiary/aromatic N) is 1. The summed E-state index contributed by atoms with van der Waals surface area (Å²) in [6.45, 7) is 4.18. The van der Waals surface area contributed by atoms with E-state index in [1.807, 2.05) is 18.2 Å². The summed E-state index contributed by atoms with van der Waals surface area (Å²) >= 11 is 1.46. The van der Waals surface area contributed by atoms with E-state index in [0.717, 1.165) is 16.6 Å². The topological polar surface area (TPSA) is 68.3 Å². The Bertz CT molecular complexity index is 923. The lowest BCUT2D eigenvalue weighted by Crippen LogP contribution is -2.38. The number of nitrogens with one attached hydrogen (secondary N) is 1. The summed E-state index contributed by atoms with van der Waals surface area (Å²) in [5, 5.41) is 2.89. The van der Waals surface area contributed by atoms with Crippen LogP contribution in [0, 0.1) is 0 Å². The van der Waals surface area contributed by atoms with Gasteiger partial charge in [0.1, 0.15) is 0 Å². The van der Waals surface area contributed by atoms with E-state index in [4.69, 9.17) is 4.74 Å². The molecule has 0 fully saturated rings. The fourth-order valence-corrected chi connectivity index (χ4v) is 3.57. The molecule has 2 aromatic carbocycles. The molecule has 1 heterocycles. The first kappa shape index (κ1) is 19.0. The van der Waals surface area contributed by atoms with Crippen LogP contribution >= 0.6 is 11.3 Å². The quantitative estimate of drug-likeness (QED) is 0.623. The molecule has 0 unspecified atom stereocenters. The molecule has 0 saturated heterocycles. The van der Waals surface area contributed by atoms with Gasteiger partial charge >= 0.3 is 5.97 Å². The Morgan fingerprint density at radius 3 is 2.70 bits per heavy atom.